The van der Waals surface area contributed by atoms with Crippen LogP contribution in [0.2, 0.25) is 0 Å². The number of hydrogen-bond donors (Lipinski definition) is 0. The van der Waals surface area contributed by atoms with Gasteiger partial charge in [-0.2, -0.15) is 5.26 Å². The van der Waals surface area contributed by atoms with Gasteiger partial charge in [0.2, 0.25) is 0 Å². The summed E-state index contributed by atoms with van der Waals surface area (Å²) in [6.07, 6.45) is 1.87. The highest BCUT2D eigenvalue weighted by atomic mass is 19.1. The van der Waals surface area contributed by atoms with Gasteiger partial charge in [-0.3, -0.25) is 0 Å². The van der Waals surface area contributed by atoms with Crippen LogP contribution < -0.4 is 0 Å². The van der Waals surface area contributed by atoms with Crippen LogP contribution in [-0.2, 0) is 6.54 Å². The van der Waals surface area contributed by atoms with Crippen molar-refractivity contribution in [2.45, 2.75) is 39.2 Å². The Labute approximate surface area is 117 Å². The Balaban J connectivity index is 2.34. The second kappa shape index (κ2) is 6.29. The number of aromatic nitrogens is 3. The van der Waals surface area contributed by atoms with Crippen LogP contribution in [0.1, 0.15) is 49.6 Å². The second-order valence-electron chi connectivity index (χ2n) is 4.73. The Kier molecular flexibility index (Phi) is 4.46. The lowest BCUT2D eigenvalue weighted by atomic mass is 9.97. The van der Waals surface area contributed by atoms with E-state index in [1.807, 2.05) is 0 Å². The molecule has 104 valence electrons. The van der Waals surface area contributed by atoms with Gasteiger partial charge < -0.3 is 0 Å². The third-order valence-electron chi connectivity index (χ3n) is 3.50. The average Bonchev–Trinajstić information content (AvgIpc) is 2.86. The highest BCUT2D eigenvalue weighted by Gasteiger charge is 2.20. The zero-order valence-electron chi connectivity index (χ0n) is 11.7. The third-order valence-corrected chi connectivity index (χ3v) is 3.50. The van der Waals surface area contributed by atoms with Crippen LogP contribution in [0.3, 0.4) is 0 Å². The van der Waals surface area contributed by atoms with E-state index in [0.29, 0.717) is 12.2 Å². The molecule has 0 atom stereocenters. The summed E-state index contributed by atoms with van der Waals surface area (Å²) >= 11 is 0. The number of benzene rings is 1. The molecule has 1 aromatic heterocycles. The summed E-state index contributed by atoms with van der Waals surface area (Å²) < 4.78 is 14.7. The van der Waals surface area contributed by atoms with E-state index < -0.39 is 0 Å². The zero-order chi connectivity index (χ0) is 14.5. The first kappa shape index (κ1) is 14.2. The Morgan fingerprint density at radius 2 is 1.90 bits per heavy atom. The molecule has 0 fully saturated rings. The van der Waals surface area contributed by atoms with Gasteiger partial charge in [-0.25, -0.2) is 9.07 Å². The lowest BCUT2D eigenvalue weighted by Gasteiger charge is -2.14. The maximum absolute atomic E-state index is 12.9. The maximum Gasteiger partial charge on any atom is 0.186 e. The topological polar surface area (TPSA) is 54.5 Å². The molecule has 0 aliphatic carbocycles. The van der Waals surface area contributed by atoms with Gasteiger partial charge in [0.25, 0.3) is 0 Å². The molecule has 0 spiro atoms. The van der Waals surface area contributed by atoms with E-state index in [-0.39, 0.29) is 11.7 Å². The van der Waals surface area contributed by atoms with Crippen molar-refractivity contribution in [3.05, 3.63) is 47.0 Å². The van der Waals surface area contributed by atoms with Crippen molar-refractivity contribution >= 4 is 0 Å². The number of hydrogen-bond acceptors (Lipinski definition) is 3. The summed E-state index contributed by atoms with van der Waals surface area (Å²) in [7, 11) is 0. The van der Waals surface area contributed by atoms with E-state index in [1.54, 1.807) is 16.8 Å². The minimum absolute atomic E-state index is 0.259. The SMILES string of the molecule is CCC(CC)c1c(C#N)nnn1Cc1ccc(F)cc1. The van der Waals surface area contributed by atoms with E-state index in [0.717, 1.165) is 24.1 Å². The molecule has 0 bridgehead atoms. The molecule has 5 heteroatoms. The first-order chi connectivity index (χ1) is 9.69. The van der Waals surface area contributed by atoms with Crippen LogP contribution in [-0.4, -0.2) is 15.0 Å². The molecule has 2 aromatic rings. The van der Waals surface area contributed by atoms with Crippen molar-refractivity contribution in [3.63, 3.8) is 0 Å². The summed E-state index contributed by atoms with van der Waals surface area (Å²) in [5.74, 6) is 0.00497. The molecule has 0 aliphatic heterocycles. The number of nitriles is 1. The fourth-order valence-electron chi connectivity index (χ4n) is 2.36. The van der Waals surface area contributed by atoms with Crippen LogP contribution >= 0.6 is 0 Å². The number of nitrogens with zero attached hydrogens (tertiary/aromatic N) is 4. The van der Waals surface area contributed by atoms with Crippen molar-refractivity contribution in [2.75, 3.05) is 0 Å². The van der Waals surface area contributed by atoms with E-state index in [9.17, 15) is 4.39 Å². The molecule has 0 unspecified atom stereocenters. The molecule has 0 amide bonds. The van der Waals surface area contributed by atoms with Crippen LogP contribution in [0.25, 0.3) is 0 Å². The quantitative estimate of drug-likeness (QED) is 0.839. The summed E-state index contributed by atoms with van der Waals surface area (Å²) in [5.41, 5.74) is 2.20. The molecule has 0 aliphatic rings. The fourth-order valence-corrected chi connectivity index (χ4v) is 2.36. The van der Waals surface area contributed by atoms with Crippen LogP contribution in [0.5, 0.6) is 0 Å². The molecule has 0 saturated heterocycles. The van der Waals surface area contributed by atoms with E-state index in [4.69, 9.17) is 5.26 Å². The van der Waals surface area contributed by atoms with Gasteiger partial charge in [-0.05, 0) is 30.5 Å². The standard InChI is InChI=1S/C15H17FN4/c1-3-12(4-2)15-14(9-17)18-19-20(15)10-11-5-7-13(16)8-6-11/h5-8,12H,3-4,10H2,1-2H3. The van der Waals surface area contributed by atoms with Crippen molar-refractivity contribution in [1.82, 2.24) is 15.0 Å². The van der Waals surface area contributed by atoms with Crippen molar-refractivity contribution in [3.8, 4) is 6.07 Å². The molecular weight excluding hydrogens is 255 g/mol. The summed E-state index contributed by atoms with van der Waals surface area (Å²) in [4.78, 5) is 0. The Morgan fingerprint density at radius 3 is 2.45 bits per heavy atom. The second-order valence-corrected chi connectivity index (χ2v) is 4.73. The lowest BCUT2D eigenvalue weighted by Crippen LogP contribution is -2.11. The Hall–Kier alpha value is -2.22. The van der Waals surface area contributed by atoms with E-state index in [2.05, 4.69) is 30.2 Å². The maximum atomic E-state index is 12.9. The molecule has 0 N–H and O–H groups in total. The van der Waals surface area contributed by atoms with E-state index >= 15 is 0 Å². The fraction of sp³-hybridized carbons (Fsp3) is 0.400. The molecule has 20 heavy (non-hydrogen) atoms. The Morgan fingerprint density at radius 1 is 1.25 bits per heavy atom. The minimum Gasteiger partial charge on any atom is -0.243 e. The van der Waals surface area contributed by atoms with Gasteiger partial charge in [0.15, 0.2) is 5.69 Å². The summed E-state index contributed by atoms with van der Waals surface area (Å²) in [5, 5.41) is 17.2. The van der Waals surface area contributed by atoms with Crippen molar-refractivity contribution in [1.29, 1.82) is 5.26 Å². The normalized spacial score (nSPS) is 10.8. The largest absolute Gasteiger partial charge is 0.243 e. The summed E-state index contributed by atoms with van der Waals surface area (Å²) in [6.45, 7) is 4.68. The first-order valence-electron chi connectivity index (χ1n) is 6.77. The monoisotopic (exact) mass is 272 g/mol. The molecule has 2 rings (SSSR count). The highest BCUT2D eigenvalue weighted by Crippen LogP contribution is 2.25. The number of halogens is 1. The van der Waals surface area contributed by atoms with Gasteiger partial charge in [0.1, 0.15) is 11.9 Å². The van der Waals surface area contributed by atoms with Gasteiger partial charge in [0, 0.05) is 5.92 Å². The van der Waals surface area contributed by atoms with Gasteiger partial charge in [-0.1, -0.05) is 31.2 Å². The van der Waals surface area contributed by atoms with Crippen LogP contribution in [0.15, 0.2) is 24.3 Å². The smallest absolute Gasteiger partial charge is 0.186 e. The molecular formula is C15H17FN4. The predicted octanol–water partition coefficient (Wildman–Crippen LogP) is 3.24. The van der Waals surface area contributed by atoms with Crippen molar-refractivity contribution in [2.24, 2.45) is 0 Å². The van der Waals surface area contributed by atoms with E-state index in [1.165, 1.54) is 12.1 Å². The van der Waals surface area contributed by atoms with Gasteiger partial charge >= 0.3 is 0 Å². The molecule has 1 heterocycles. The van der Waals surface area contributed by atoms with Crippen LogP contribution in [0.4, 0.5) is 4.39 Å². The van der Waals surface area contributed by atoms with Crippen LogP contribution in [0, 0.1) is 17.1 Å². The number of rotatable bonds is 5. The summed E-state index contributed by atoms with van der Waals surface area (Å²) in [6, 6.07) is 8.40. The van der Waals surface area contributed by atoms with Gasteiger partial charge in [0.05, 0.1) is 12.2 Å². The highest BCUT2D eigenvalue weighted by molar-refractivity contribution is 5.29. The van der Waals surface area contributed by atoms with Crippen molar-refractivity contribution < 1.29 is 4.39 Å². The van der Waals surface area contributed by atoms with Gasteiger partial charge in [-0.15, -0.1) is 5.10 Å². The lowest BCUT2D eigenvalue weighted by molar-refractivity contribution is 0.542. The molecule has 4 nitrogen and oxygen atoms in total. The average molecular weight is 272 g/mol. The molecule has 1 aromatic carbocycles. The molecule has 0 radical (unpaired) electrons. The zero-order valence-corrected chi connectivity index (χ0v) is 11.7. The molecule has 0 saturated carbocycles. The third kappa shape index (κ3) is 2.85. The first-order valence-corrected chi connectivity index (χ1v) is 6.77. The predicted molar refractivity (Wildman–Crippen MR) is 73.6 cm³/mol. The minimum atomic E-state index is -0.259. The Bertz CT molecular complexity index is 606.